The second kappa shape index (κ2) is 5.13. The maximum absolute atomic E-state index is 12.1. The lowest BCUT2D eigenvalue weighted by molar-refractivity contribution is -0.151. The molecule has 2 saturated carbocycles. The summed E-state index contributed by atoms with van der Waals surface area (Å²) in [5, 5.41) is 0. The molecule has 0 aromatic heterocycles. The Bertz CT molecular complexity index is 400. The molecule has 2 fully saturated rings. The smallest absolute Gasteiger partial charge is 0.309 e. The van der Waals surface area contributed by atoms with Crippen molar-refractivity contribution in [2.75, 3.05) is 0 Å². The van der Waals surface area contributed by atoms with Gasteiger partial charge in [0.1, 0.15) is 6.61 Å². The van der Waals surface area contributed by atoms with Crippen molar-refractivity contribution in [2.45, 2.75) is 38.7 Å². The molecule has 0 spiro atoms. The van der Waals surface area contributed by atoms with Gasteiger partial charge in [-0.3, -0.25) is 4.79 Å². The molecule has 2 aliphatic carbocycles. The minimum Gasteiger partial charge on any atom is -0.461 e. The molecule has 2 bridgehead atoms. The van der Waals surface area contributed by atoms with E-state index in [1.54, 1.807) is 0 Å². The van der Waals surface area contributed by atoms with Crippen LogP contribution < -0.4 is 0 Å². The lowest BCUT2D eigenvalue weighted by Crippen LogP contribution is -2.25. The summed E-state index contributed by atoms with van der Waals surface area (Å²) in [5.74, 6) is 1.77. The van der Waals surface area contributed by atoms with Gasteiger partial charge in [-0.05, 0) is 36.7 Å². The van der Waals surface area contributed by atoms with E-state index in [9.17, 15) is 4.79 Å². The van der Waals surface area contributed by atoms with Gasteiger partial charge in [0, 0.05) is 0 Å². The van der Waals surface area contributed by atoms with E-state index in [1.165, 1.54) is 19.3 Å². The van der Waals surface area contributed by atoms with E-state index in [0.29, 0.717) is 6.61 Å². The number of benzene rings is 1. The van der Waals surface area contributed by atoms with Gasteiger partial charge in [-0.25, -0.2) is 0 Å². The molecule has 1 aromatic rings. The quantitative estimate of drug-likeness (QED) is 0.760. The monoisotopic (exact) mass is 244 g/mol. The average molecular weight is 244 g/mol. The Morgan fingerprint density at radius 3 is 2.39 bits per heavy atom. The van der Waals surface area contributed by atoms with Crippen LogP contribution in [0.2, 0.25) is 0 Å². The van der Waals surface area contributed by atoms with E-state index in [2.05, 4.69) is 0 Å². The molecule has 0 aliphatic heterocycles. The Labute approximate surface area is 108 Å². The predicted molar refractivity (Wildman–Crippen MR) is 69.8 cm³/mol. The highest BCUT2D eigenvalue weighted by Crippen LogP contribution is 2.44. The van der Waals surface area contributed by atoms with Crippen molar-refractivity contribution >= 4 is 5.97 Å². The van der Waals surface area contributed by atoms with Crippen molar-refractivity contribution in [1.82, 2.24) is 0 Å². The van der Waals surface area contributed by atoms with Crippen LogP contribution in [0.3, 0.4) is 0 Å². The van der Waals surface area contributed by atoms with Crippen molar-refractivity contribution in [1.29, 1.82) is 0 Å². The SMILES string of the molecule is O=C(OCc1ccccc1)C1CC2CCC(C2)C1. The summed E-state index contributed by atoms with van der Waals surface area (Å²) >= 11 is 0. The predicted octanol–water partition coefficient (Wildman–Crippen LogP) is 3.56. The van der Waals surface area contributed by atoms with Crippen LogP contribution in [-0.4, -0.2) is 5.97 Å². The molecule has 96 valence electrons. The van der Waals surface area contributed by atoms with Crippen LogP contribution >= 0.6 is 0 Å². The number of ether oxygens (including phenoxy) is 1. The van der Waals surface area contributed by atoms with E-state index < -0.39 is 0 Å². The normalized spacial score (nSPS) is 30.1. The maximum Gasteiger partial charge on any atom is 0.309 e. The van der Waals surface area contributed by atoms with Crippen LogP contribution in [0.15, 0.2) is 30.3 Å². The number of esters is 1. The highest BCUT2D eigenvalue weighted by atomic mass is 16.5. The van der Waals surface area contributed by atoms with Gasteiger partial charge in [-0.1, -0.05) is 43.2 Å². The van der Waals surface area contributed by atoms with Gasteiger partial charge in [0.25, 0.3) is 0 Å². The first-order valence-electron chi connectivity index (χ1n) is 7.02. The molecule has 2 nitrogen and oxygen atoms in total. The first-order valence-corrected chi connectivity index (χ1v) is 7.02. The van der Waals surface area contributed by atoms with Gasteiger partial charge in [-0.2, -0.15) is 0 Å². The molecule has 1 aromatic carbocycles. The third-order valence-corrected chi connectivity index (χ3v) is 4.44. The van der Waals surface area contributed by atoms with Gasteiger partial charge < -0.3 is 4.74 Å². The molecule has 2 atom stereocenters. The van der Waals surface area contributed by atoms with Crippen molar-refractivity contribution in [3.05, 3.63) is 35.9 Å². The summed E-state index contributed by atoms with van der Waals surface area (Å²) < 4.78 is 5.45. The third kappa shape index (κ3) is 2.58. The fraction of sp³-hybridized carbons (Fsp3) is 0.562. The van der Waals surface area contributed by atoms with E-state index in [-0.39, 0.29) is 11.9 Å². The first-order chi connectivity index (χ1) is 8.81. The maximum atomic E-state index is 12.1. The number of hydrogen-bond acceptors (Lipinski definition) is 2. The minimum absolute atomic E-state index is 0.0236. The highest BCUT2D eigenvalue weighted by Gasteiger charge is 2.37. The lowest BCUT2D eigenvalue weighted by atomic mass is 9.81. The lowest BCUT2D eigenvalue weighted by Gasteiger charge is -2.26. The molecule has 0 saturated heterocycles. The van der Waals surface area contributed by atoms with Crippen molar-refractivity contribution in [2.24, 2.45) is 17.8 Å². The van der Waals surface area contributed by atoms with Gasteiger partial charge >= 0.3 is 5.97 Å². The summed E-state index contributed by atoms with van der Waals surface area (Å²) in [6.45, 7) is 0.422. The fourth-order valence-corrected chi connectivity index (χ4v) is 3.55. The largest absolute Gasteiger partial charge is 0.461 e. The molecule has 0 N–H and O–H groups in total. The van der Waals surface area contributed by atoms with Crippen molar-refractivity contribution in [3.8, 4) is 0 Å². The van der Waals surface area contributed by atoms with Gasteiger partial charge in [-0.15, -0.1) is 0 Å². The van der Waals surface area contributed by atoms with Crippen LogP contribution in [0.1, 0.15) is 37.7 Å². The van der Waals surface area contributed by atoms with Crippen molar-refractivity contribution < 1.29 is 9.53 Å². The zero-order chi connectivity index (χ0) is 12.4. The van der Waals surface area contributed by atoms with Crippen LogP contribution in [0.25, 0.3) is 0 Å². The molecular weight excluding hydrogens is 224 g/mol. The Balaban J connectivity index is 1.53. The van der Waals surface area contributed by atoms with E-state index in [1.807, 2.05) is 30.3 Å². The fourth-order valence-electron chi connectivity index (χ4n) is 3.55. The molecule has 0 amide bonds. The summed E-state index contributed by atoms with van der Waals surface area (Å²) in [7, 11) is 0. The summed E-state index contributed by atoms with van der Waals surface area (Å²) in [4.78, 5) is 12.1. The molecule has 2 unspecified atom stereocenters. The van der Waals surface area contributed by atoms with Crippen LogP contribution in [0, 0.1) is 17.8 Å². The number of rotatable bonds is 3. The zero-order valence-corrected chi connectivity index (χ0v) is 10.7. The Hall–Kier alpha value is -1.31. The van der Waals surface area contributed by atoms with Gasteiger partial charge in [0.05, 0.1) is 5.92 Å². The van der Waals surface area contributed by atoms with Crippen LogP contribution in [-0.2, 0) is 16.1 Å². The second-order valence-corrected chi connectivity index (χ2v) is 5.81. The molecular formula is C16H20O2. The van der Waals surface area contributed by atoms with Crippen molar-refractivity contribution in [3.63, 3.8) is 0 Å². The van der Waals surface area contributed by atoms with Gasteiger partial charge in [0.15, 0.2) is 0 Å². The molecule has 3 rings (SSSR count). The molecule has 0 heterocycles. The Morgan fingerprint density at radius 2 is 1.72 bits per heavy atom. The summed E-state index contributed by atoms with van der Waals surface area (Å²) in [6, 6.07) is 9.92. The Morgan fingerprint density at radius 1 is 1.06 bits per heavy atom. The molecule has 2 aliphatic rings. The van der Waals surface area contributed by atoms with Crippen LogP contribution in [0.5, 0.6) is 0 Å². The average Bonchev–Trinajstić information content (AvgIpc) is 2.76. The first kappa shape index (κ1) is 11.8. The zero-order valence-electron chi connectivity index (χ0n) is 10.7. The highest BCUT2D eigenvalue weighted by molar-refractivity contribution is 5.72. The molecule has 2 heteroatoms. The molecule has 0 radical (unpaired) electrons. The number of carbonyl (C=O) groups is 1. The standard InChI is InChI=1S/C16H20O2/c17-16(18-11-12-4-2-1-3-5-12)15-9-13-6-7-14(8-13)10-15/h1-5,13-15H,6-11H2. The van der Waals surface area contributed by atoms with E-state index in [4.69, 9.17) is 4.74 Å². The third-order valence-electron chi connectivity index (χ3n) is 4.44. The van der Waals surface area contributed by atoms with Crippen LogP contribution in [0.4, 0.5) is 0 Å². The Kier molecular flexibility index (Phi) is 3.35. The summed E-state index contributed by atoms with van der Waals surface area (Å²) in [5.41, 5.74) is 1.07. The molecule has 18 heavy (non-hydrogen) atoms. The topological polar surface area (TPSA) is 26.3 Å². The second-order valence-electron chi connectivity index (χ2n) is 5.81. The summed E-state index contributed by atoms with van der Waals surface area (Å²) in [6.07, 6.45) is 6.12. The van der Waals surface area contributed by atoms with E-state index >= 15 is 0 Å². The number of hydrogen-bond donors (Lipinski definition) is 0. The number of fused-ring (bicyclic) bond motifs is 2. The van der Waals surface area contributed by atoms with Gasteiger partial charge in [0.2, 0.25) is 0 Å². The number of carbonyl (C=O) groups excluding carboxylic acids is 1. The van der Waals surface area contributed by atoms with E-state index in [0.717, 1.165) is 30.2 Å². The minimum atomic E-state index is 0.0236.